The molecule has 0 amide bonds. The molecule has 5 heteroatoms. The van der Waals surface area contributed by atoms with Crippen molar-refractivity contribution >= 4 is 0 Å². The molecule has 22 heavy (non-hydrogen) atoms. The van der Waals surface area contributed by atoms with E-state index in [2.05, 4.69) is 11.7 Å². The number of alkyl halides is 3. The first-order chi connectivity index (χ1) is 10.4. The van der Waals surface area contributed by atoms with Crippen LogP contribution in [-0.2, 0) is 12.8 Å². The first-order valence-electron chi connectivity index (χ1n) is 7.64. The van der Waals surface area contributed by atoms with Crippen molar-refractivity contribution in [1.29, 1.82) is 0 Å². The molecule has 0 N–H and O–H groups in total. The van der Waals surface area contributed by atoms with Gasteiger partial charge in [-0.1, -0.05) is 43.9 Å². The van der Waals surface area contributed by atoms with Crippen molar-refractivity contribution < 1.29 is 22.3 Å². The van der Waals surface area contributed by atoms with Crippen molar-refractivity contribution in [2.75, 3.05) is 0 Å². The fraction of sp³-hybridized carbons (Fsp3) is 0.529. The Morgan fingerprint density at radius 1 is 1.14 bits per heavy atom. The highest BCUT2D eigenvalue weighted by Crippen LogP contribution is 2.33. The van der Waals surface area contributed by atoms with E-state index in [0.717, 1.165) is 24.5 Å². The third-order valence-corrected chi connectivity index (χ3v) is 3.89. The normalized spacial score (nSPS) is 14.5. The van der Waals surface area contributed by atoms with Crippen LogP contribution in [0.25, 0.3) is 0 Å². The van der Waals surface area contributed by atoms with Crippen molar-refractivity contribution in [2.24, 2.45) is 0 Å². The highest BCUT2D eigenvalue weighted by atomic mass is 19.4. The van der Waals surface area contributed by atoms with Crippen molar-refractivity contribution in [3.05, 3.63) is 40.7 Å². The Morgan fingerprint density at radius 3 is 2.59 bits per heavy atom. The van der Waals surface area contributed by atoms with Crippen molar-refractivity contribution in [3.63, 3.8) is 0 Å². The largest absolute Gasteiger partial charge is 0.573 e. The molecule has 1 aromatic carbocycles. The van der Waals surface area contributed by atoms with Gasteiger partial charge in [0.1, 0.15) is 0 Å². The number of benzene rings is 1. The van der Waals surface area contributed by atoms with Crippen LogP contribution in [-0.4, -0.2) is 6.36 Å². The second-order valence-electron chi connectivity index (χ2n) is 5.62. The van der Waals surface area contributed by atoms with E-state index >= 15 is 0 Å². The van der Waals surface area contributed by atoms with Crippen LogP contribution in [0.2, 0.25) is 0 Å². The van der Waals surface area contributed by atoms with Crippen LogP contribution in [0, 0.1) is 5.82 Å². The molecule has 0 aliphatic heterocycles. The molecule has 0 atom stereocenters. The van der Waals surface area contributed by atoms with Gasteiger partial charge < -0.3 is 4.74 Å². The third kappa shape index (κ3) is 4.49. The number of unbranched alkanes of at least 4 members (excludes halogenated alkanes) is 3. The lowest BCUT2D eigenvalue weighted by atomic mass is 9.88. The molecule has 1 nitrogen and oxygen atoms in total. The molecule has 0 saturated heterocycles. The second-order valence-corrected chi connectivity index (χ2v) is 5.62. The average Bonchev–Trinajstić information content (AvgIpc) is 2.45. The lowest BCUT2D eigenvalue weighted by Gasteiger charge is -2.20. The van der Waals surface area contributed by atoms with Crippen LogP contribution in [0.3, 0.4) is 0 Å². The molecule has 2 rings (SSSR count). The fourth-order valence-electron chi connectivity index (χ4n) is 2.76. The smallest absolute Gasteiger partial charge is 0.403 e. The summed E-state index contributed by atoms with van der Waals surface area (Å²) >= 11 is 0. The number of hydrogen-bond acceptors (Lipinski definition) is 1. The number of hydrogen-bond donors (Lipinski definition) is 0. The van der Waals surface area contributed by atoms with Crippen LogP contribution >= 0.6 is 0 Å². The highest BCUT2D eigenvalue weighted by Gasteiger charge is 2.33. The molecule has 0 fully saturated rings. The average molecular weight is 316 g/mol. The fourth-order valence-corrected chi connectivity index (χ4v) is 2.76. The van der Waals surface area contributed by atoms with Crippen LogP contribution in [0.5, 0.6) is 5.75 Å². The Labute approximate surface area is 128 Å². The zero-order chi connectivity index (χ0) is 16.2. The summed E-state index contributed by atoms with van der Waals surface area (Å²) in [5.41, 5.74) is 2.33. The minimum Gasteiger partial charge on any atom is -0.403 e. The van der Waals surface area contributed by atoms with E-state index in [-0.39, 0.29) is 0 Å². The van der Waals surface area contributed by atoms with E-state index in [4.69, 9.17) is 0 Å². The van der Waals surface area contributed by atoms with Gasteiger partial charge in [0.25, 0.3) is 0 Å². The summed E-state index contributed by atoms with van der Waals surface area (Å²) in [4.78, 5) is 0. The number of ether oxygens (including phenoxy) is 1. The molecular weight excluding hydrogens is 296 g/mol. The molecule has 0 bridgehead atoms. The minimum atomic E-state index is -4.87. The summed E-state index contributed by atoms with van der Waals surface area (Å²) < 4.78 is 54.5. The Morgan fingerprint density at radius 2 is 1.91 bits per heavy atom. The molecule has 0 unspecified atom stereocenters. The first kappa shape index (κ1) is 16.8. The Hall–Kier alpha value is -1.52. The van der Waals surface area contributed by atoms with Crippen molar-refractivity contribution in [2.45, 2.75) is 58.2 Å². The maximum absolute atomic E-state index is 14.1. The van der Waals surface area contributed by atoms with E-state index < -0.39 is 17.9 Å². The maximum atomic E-state index is 14.1. The molecule has 0 saturated carbocycles. The molecule has 0 aromatic heterocycles. The third-order valence-electron chi connectivity index (χ3n) is 3.89. The van der Waals surface area contributed by atoms with Gasteiger partial charge in [-0.2, -0.15) is 0 Å². The summed E-state index contributed by atoms with van der Waals surface area (Å²) in [5, 5.41) is 0. The number of fused-ring (bicyclic) bond motifs is 1. The van der Waals surface area contributed by atoms with Crippen LogP contribution in [0.4, 0.5) is 17.6 Å². The van der Waals surface area contributed by atoms with E-state index in [1.165, 1.54) is 24.8 Å². The van der Waals surface area contributed by atoms with Crippen LogP contribution < -0.4 is 4.74 Å². The Balaban J connectivity index is 2.04. The molecule has 122 valence electrons. The molecule has 0 heterocycles. The van der Waals surface area contributed by atoms with Gasteiger partial charge in [-0.05, 0) is 42.9 Å². The zero-order valence-corrected chi connectivity index (χ0v) is 12.6. The topological polar surface area (TPSA) is 9.23 Å². The molecule has 1 aliphatic carbocycles. The SMILES string of the molecule is CCCCCCC1=CCc2c(ccc(OC(F)(F)F)c2F)C1. The predicted molar refractivity (Wildman–Crippen MR) is 77.3 cm³/mol. The minimum absolute atomic E-state index is 0.319. The number of rotatable bonds is 6. The summed E-state index contributed by atoms with van der Waals surface area (Å²) in [6.45, 7) is 2.15. The van der Waals surface area contributed by atoms with E-state index in [9.17, 15) is 17.6 Å². The summed E-state index contributed by atoms with van der Waals surface area (Å²) in [6, 6.07) is 2.61. The predicted octanol–water partition coefficient (Wildman–Crippen LogP) is 5.72. The van der Waals surface area contributed by atoms with Crippen LogP contribution in [0.15, 0.2) is 23.8 Å². The summed E-state index contributed by atoms with van der Waals surface area (Å²) in [6.07, 6.45) is 3.65. The maximum Gasteiger partial charge on any atom is 0.573 e. The Kier molecular flexibility index (Phi) is 5.48. The van der Waals surface area contributed by atoms with Gasteiger partial charge >= 0.3 is 6.36 Å². The monoisotopic (exact) mass is 316 g/mol. The molecule has 1 aromatic rings. The van der Waals surface area contributed by atoms with Gasteiger partial charge in [-0.15, -0.1) is 13.2 Å². The molecule has 0 spiro atoms. The van der Waals surface area contributed by atoms with E-state index in [0.29, 0.717) is 18.4 Å². The van der Waals surface area contributed by atoms with Crippen LogP contribution in [0.1, 0.15) is 50.2 Å². The van der Waals surface area contributed by atoms with Gasteiger partial charge in [-0.3, -0.25) is 0 Å². The standard InChI is InChI=1S/C17H20F4O/c1-2-3-4-5-6-12-7-9-14-13(11-12)8-10-15(16(14)18)22-17(19,20)21/h7-8,10H,2-6,9,11H2,1H3. The van der Waals surface area contributed by atoms with Gasteiger partial charge in [0.05, 0.1) is 0 Å². The van der Waals surface area contributed by atoms with E-state index in [1.807, 2.05) is 6.08 Å². The quantitative estimate of drug-likeness (QED) is 0.370. The van der Waals surface area contributed by atoms with Gasteiger partial charge in [-0.25, -0.2) is 4.39 Å². The number of halogens is 4. The first-order valence-corrected chi connectivity index (χ1v) is 7.64. The van der Waals surface area contributed by atoms with Crippen molar-refractivity contribution in [3.8, 4) is 5.75 Å². The lowest BCUT2D eigenvalue weighted by Crippen LogP contribution is -2.19. The highest BCUT2D eigenvalue weighted by molar-refractivity contribution is 5.43. The number of allylic oxidation sites excluding steroid dienone is 2. The molecule has 0 radical (unpaired) electrons. The molecular formula is C17H20F4O. The van der Waals surface area contributed by atoms with E-state index in [1.54, 1.807) is 6.07 Å². The summed E-state index contributed by atoms with van der Waals surface area (Å²) in [5.74, 6) is -1.64. The van der Waals surface area contributed by atoms with Gasteiger partial charge in [0, 0.05) is 0 Å². The molecule has 1 aliphatic rings. The Bertz CT molecular complexity index is 546. The lowest BCUT2D eigenvalue weighted by molar-refractivity contribution is -0.275. The second kappa shape index (κ2) is 7.16. The summed E-state index contributed by atoms with van der Waals surface area (Å²) in [7, 11) is 0. The zero-order valence-electron chi connectivity index (χ0n) is 12.6. The van der Waals surface area contributed by atoms with Gasteiger partial charge in [0.15, 0.2) is 11.6 Å². The van der Waals surface area contributed by atoms with Gasteiger partial charge in [0.2, 0.25) is 0 Å². The van der Waals surface area contributed by atoms with Crippen molar-refractivity contribution in [1.82, 2.24) is 0 Å².